The van der Waals surface area contributed by atoms with E-state index in [4.69, 9.17) is 14.2 Å². The van der Waals surface area contributed by atoms with Crippen LogP contribution in [0, 0.1) is 0 Å². The average Bonchev–Trinajstić information content (AvgIpc) is 3.24. The molecule has 2 heterocycles. The second kappa shape index (κ2) is 10.2. The van der Waals surface area contributed by atoms with Gasteiger partial charge in [0.1, 0.15) is 6.61 Å². The summed E-state index contributed by atoms with van der Waals surface area (Å²) in [7, 11) is 1.56. The molecule has 8 heteroatoms. The molecule has 0 radical (unpaired) electrons. The van der Waals surface area contributed by atoms with E-state index in [1.54, 1.807) is 30.8 Å². The fraction of sp³-hybridized carbons (Fsp3) is 0.474. The number of benzene rings is 1. The lowest BCUT2D eigenvalue weighted by molar-refractivity contribution is 0.0374. The molecular weight excluding hydrogens is 366 g/mol. The number of thiazole rings is 1. The lowest BCUT2D eigenvalue weighted by Crippen LogP contribution is -2.38. The van der Waals surface area contributed by atoms with E-state index in [1.165, 1.54) is 11.3 Å². The number of methoxy groups -OCH3 is 1. The molecule has 0 unspecified atom stereocenters. The van der Waals surface area contributed by atoms with Crippen molar-refractivity contribution >= 4 is 17.2 Å². The number of carbonyl (C=O) groups excluding carboxylic acids is 1. The zero-order chi connectivity index (χ0) is 18.9. The van der Waals surface area contributed by atoms with Crippen LogP contribution in [0.3, 0.4) is 0 Å². The molecule has 0 aliphatic carbocycles. The fourth-order valence-corrected chi connectivity index (χ4v) is 3.36. The number of hydrogen-bond donors (Lipinski definition) is 1. The topological polar surface area (TPSA) is 72.9 Å². The van der Waals surface area contributed by atoms with E-state index in [9.17, 15) is 4.79 Å². The van der Waals surface area contributed by atoms with Crippen molar-refractivity contribution in [3.05, 3.63) is 40.3 Å². The van der Waals surface area contributed by atoms with Crippen molar-refractivity contribution in [2.75, 3.05) is 46.5 Å². The van der Waals surface area contributed by atoms with Gasteiger partial charge in [0.2, 0.25) is 0 Å². The quantitative estimate of drug-likeness (QED) is 0.661. The lowest BCUT2D eigenvalue weighted by atomic mass is 10.2. The zero-order valence-corrected chi connectivity index (χ0v) is 16.3. The van der Waals surface area contributed by atoms with Gasteiger partial charge in [0.05, 0.1) is 31.5 Å². The Morgan fingerprint density at radius 3 is 2.93 bits per heavy atom. The average molecular weight is 391 g/mol. The van der Waals surface area contributed by atoms with E-state index >= 15 is 0 Å². The Hall–Kier alpha value is -2.16. The number of hydrogen-bond acceptors (Lipinski definition) is 7. The van der Waals surface area contributed by atoms with Crippen molar-refractivity contribution in [1.29, 1.82) is 0 Å². The Kier molecular flexibility index (Phi) is 7.44. The normalized spacial score (nSPS) is 14.7. The Morgan fingerprint density at radius 2 is 2.19 bits per heavy atom. The van der Waals surface area contributed by atoms with Crippen LogP contribution >= 0.6 is 11.3 Å². The van der Waals surface area contributed by atoms with Crippen LogP contribution in [0.2, 0.25) is 0 Å². The van der Waals surface area contributed by atoms with Gasteiger partial charge in [-0.2, -0.15) is 0 Å². The minimum Gasteiger partial charge on any atom is -0.493 e. The minimum absolute atomic E-state index is 0.110. The second-order valence-corrected chi connectivity index (χ2v) is 6.92. The van der Waals surface area contributed by atoms with E-state index in [0.717, 1.165) is 45.0 Å². The first kappa shape index (κ1) is 19.6. The summed E-state index contributed by atoms with van der Waals surface area (Å²) >= 11 is 1.52. The first-order valence-corrected chi connectivity index (χ1v) is 9.97. The highest BCUT2D eigenvalue weighted by Gasteiger charge is 2.13. The van der Waals surface area contributed by atoms with Gasteiger partial charge in [0, 0.05) is 30.6 Å². The van der Waals surface area contributed by atoms with E-state index in [0.29, 0.717) is 30.2 Å². The van der Waals surface area contributed by atoms with Crippen LogP contribution in [-0.4, -0.2) is 62.3 Å². The maximum Gasteiger partial charge on any atom is 0.251 e. The van der Waals surface area contributed by atoms with Gasteiger partial charge in [-0.3, -0.25) is 9.69 Å². The lowest BCUT2D eigenvalue weighted by Gasteiger charge is -2.26. The van der Waals surface area contributed by atoms with Crippen LogP contribution in [0.4, 0.5) is 0 Å². The molecule has 2 aromatic rings. The fourth-order valence-electron chi connectivity index (χ4n) is 2.82. The molecule has 146 valence electrons. The molecule has 1 amide bonds. The maximum atomic E-state index is 12.4. The minimum atomic E-state index is -0.110. The van der Waals surface area contributed by atoms with Crippen molar-refractivity contribution in [2.45, 2.75) is 13.0 Å². The predicted molar refractivity (Wildman–Crippen MR) is 104 cm³/mol. The third-order valence-corrected chi connectivity index (χ3v) is 4.96. The summed E-state index contributed by atoms with van der Waals surface area (Å²) in [5.41, 5.74) is 3.19. The number of nitrogens with one attached hydrogen (secondary N) is 1. The third kappa shape index (κ3) is 5.92. The summed E-state index contributed by atoms with van der Waals surface area (Å²) in [5.74, 6) is 1.02. The molecule has 0 saturated carbocycles. The first-order valence-electron chi connectivity index (χ1n) is 9.02. The van der Waals surface area contributed by atoms with Crippen LogP contribution in [0.5, 0.6) is 11.5 Å². The van der Waals surface area contributed by atoms with Gasteiger partial charge in [-0.15, -0.1) is 11.3 Å². The molecule has 1 N–H and O–H groups in total. The van der Waals surface area contributed by atoms with E-state index in [-0.39, 0.29) is 5.91 Å². The van der Waals surface area contributed by atoms with Crippen LogP contribution < -0.4 is 14.8 Å². The summed E-state index contributed by atoms with van der Waals surface area (Å²) in [6.07, 6.45) is 0.914. The van der Waals surface area contributed by atoms with Crippen molar-refractivity contribution in [2.24, 2.45) is 0 Å². The molecule has 1 saturated heterocycles. The molecule has 1 aliphatic rings. The van der Waals surface area contributed by atoms with Gasteiger partial charge in [-0.25, -0.2) is 4.98 Å². The predicted octanol–water partition coefficient (Wildman–Crippen LogP) is 2.18. The highest BCUT2D eigenvalue weighted by atomic mass is 32.1. The number of nitrogens with zero attached hydrogens (tertiary/aromatic N) is 2. The van der Waals surface area contributed by atoms with Gasteiger partial charge in [0.15, 0.2) is 11.5 Å². The molecular formula is C19H25N3O4S. The Morgan fingerprint density at radius 1 is 1.33 bits per heavy atom. The summed E-state index contributed by atoms with van der Waals surface area (Å²) in [5, 5.41) is 4.90. The van der Waals surface area contributed by atoms with E-state index in [2.05, 4.69) is 15.2 Å². The molecule has 0 spiro atoms. The monoisotopic (exact) mass is 391 g/mol. The smallest absolute Gasteiger partial charge is 0.251 e. The molecule has 0 atom stereocenters. The molecule has 27 heavy (non-hydrogen) atoms. The van der Waals surface area contributed by atoms with Crippen molar-refractivity contribution < 1.29 is 19.0 Å². The molecule has 3 rings (SSSR count). The number of aromatic nitrogens is 1. The van der Waals surface area contributed by atoms with Crippen molar-refractivity contribution in [3.63, 3.8) is 0 Å². The molecule has 1 aromatic carbocycles. The Labute approximate surface area is 163 Å². The third-order valence-electron chi connectivity index (χ3n) is 4.33. The molecule has 1 aromatic heterocycles. The van der Waals surface area contributed by atoms with Gasteiger partial charge >= 0.3 is 0 Å². The summed E-state index contributed by atoms with van der Waals surface area (Å²) < 4.78 is 16.4. The zero-order valence-electron chi connectivity index (χ0n) is 15.5. The molecule has 0 bridgehead atoms. The van der Waals surface area contributed by atoms with Crippen LogP contribution in [-0.2, 0) is 11.3 Å². The van der Waals surface area contributed by atoms with Crippen LogP contribution in [0.25, 0.3) is 0 Å². The first-order chi connectivity index (χ1) is 13.3. The summed E-state index contributed by atoms with van der Waals surface area (Å²) in [6.45, 7) is 5.50. The number of morpholine rings is 1. The van der Waals surface area contributed by atoms with Gasteiger partial charge in [-0.1, -0.05) is 0 Å². The SMILES string of the molecule is COc1cc(C(=O)NCCCN2CCOCC2)ccc1OCc1cscn1. The van der Waals surface area contributed by atoms with Crippen molar-refractivity contribution in [1.82, 2.24) is 15.2 Å². The number of ether oxygens (including phenoxy) is 3. The standard InChI is InChI=1S/C19H25N3O4S/c1-24-18-11-15(3-4-17(18)26-12-16-13-27-14-21-16)19(23)20-5-2-6-22-7-9-25-10-8-22/h3-4,11,13-14H,2,5-10,12H2,1H3,(H,20,23). The summed E-state index contributed by atoms with van der Waals surface area (Å²) in [6, 6.07) is 5.21. The maximum absolute atomic E-state index is 12.4. The number of carbonyl (C=O) groups is 1. The van der Waals surface area contributed by atoms with Gasteiger partial charge < -0.3 is 19.5 Å². The highest BCUT2D eigenvalue weighted by Crippen LogP contribution is 2.28. The Bertz CT molecular complexity index is 718. The van der Waals surface area contributed by atoms with E-state index in [1.807, 2.05) is 5.38 Å². The van der Waals surface area contributed by atoms with Crippen LogP contribution in [0.15, 0.2) is 29.1 Å². The van der Waals surface area contributed by atoms with Gasteiger partial charge in [-0.05, 0) is 31.2 Å². The van der Waals surface area contributed by atoms with E-state index < -0.39 is 0 Å². The number of amides is 1. The largest absolute Gasteiger partial charge is 0.493 e. The molecule has 1 fully saturated rings. The van der Waals surface area contributed by atoms with Crippen LogP contribution in [0.1, 0.15) is 22.5 Å². The molecule has 7 nitrogen and oxygen atoms in total. The van der Waals surface area contributed by atoms with Gasteiger partial charge in [0.25, 0.3) is 5.91 Å². The Balaban J connectivity index is 1.47. The second-order valence-electron chi connectivity index (χ2n) is 6.20. The summed E-state index contributed by atoms with van der Waals surface area (Å²) in [4.78, 5) is 18.9. The molecule has 1 aliphatic heterocycles. The number of rotatable bonds is 9. The highest BCUT2D eigenvalue weighted by molar-refractivity contribution is 7.07. The van der Waals surface area contributed by atoms with Crippen molar-refractivity contribution in [3.8, 4) is 11.5 Å².